The molecule has 0 saturated heterocycles. The molecule has 1 amide bonds. The second kappa shape index (κ2) is 9.88. The third-order valence-electron chi connectivity index (χ3n) is 12.1. The van der Waals surface area contributed by atoms with Crippen LogP contribution in [0, 0.1) is 68.5 Å². The number of hydroxylamine groups is 1. The molecule has 0 aromatic rings. The summed E-state index contributed by atoms with van der Waals surface area (Å²) in [7, 11) is 1.48. The van der Waals surface area contributed by atoms with Gasteiger partial charge in [0.2, 0.25) is 5.91 Å². The normalized spacial score (nSPS) is 44.3. The van der Waals surface area contributed by atoms with Gasteiger partial charge < -0.3 is 0 Å². The molecule has 6 heteroatoms. The summed E-state index contributed by atoms with van der Waals surface area (Å²) < 4.78 is 0. The van der Waals surface area contributed by atoms with E-state index in [4.69, 9.17) is 4.84 Å². The number of allylic oxidation sites excluding steroid dienone is 2. The molecule has 9 atom stereocenters. The highest BCUT2D eigenvalue weighted by Crippen LogP contribution is 2.68. The van der Waals surface area contributed by atoms with Crippen molar-refractivity contribution in [2.75, 3.05) is 7.11 Å². The Hall–Kier alpha value is -2.00. The third-order valence-corrected chi connectivity index (χ3v) is 12.1. The number of rotatable bonds is 5. The van der Waals surface area contributed by atoms with Crippen molar-refractivity contribution in [3.8, 4) is 6.07 Å². The van der Waals surface area contributed by atoms with Crippen molar-refractivity contribution in [2.24, 2.45) is 57.2 Å². The first-order valence-electron chi connectivity index (χ1n) is 14.8. The largest absolute Gasteiger partial charge is 0.299 e. The Kier molecular flexibility index (Phi) is 7.54. The van der Waals surface area contributed by atoms with E-state index in [2.05, 4.69) is 53.1 Å². The van der Waals surface area contributed by atoms with Crippen molar-refractivity contribution < 1.29 is 19.2 Å². The molecule has 0 aliphatic heterocycles. The zero-order chi connectivity index (χ0) is 28.3. The molecule has 2 unspecified atom stereocenters. The summed E-state index contributed by atoms with van der Waals surface area (Å²) >= 11 is 0. The molecule has 3 saturated carbocycles. The maximum absolute atomic E-state index is 14.4. The van der Waals surface area contributed by atoms with Gasteiger partial charge in [0.05, 0.1) is 18.1 Å². The summed E-state index contributed by atoms with van der Waals surface area (Å²) in [6.45, 7) is 15.4. The van der Waals surface area contributed by atoms with Crippen molar-refractivity contribution in [3.63, 3.8) is 0 Å². The fourth-order valence-corrected chi connectivity index (χ4v) is 9.87. The van der Waals surface area contributed by atoms with Gasteiger partial charge in [-0.1, -0.05) is 61.0 Å². The van der Waals surface area contributed by atoms with Crippen LogP contribution < -0.4 is 5.48 Å². The van der Waals surface area contributed by atoms with Crippen LogP contribution in [0.5, 0.6) is 0 Å². The highest BCUT2D eigenvalue weighted by atomic mass is 16.6. The molecule has 210 valence electrons. The molecule has 3 fully saturated rings. The fourth-order valence-electron chi connectivity index (χ4n) is 9.87. The molecule has 0 aromatic carbocycles. The van der Waals surface area contributed by atoms with E-state index in [-0.39, 0.29) is 74.8 Å². The number of nitriles is 1. The first-order chi connectivity index (χ1) is 17.7. The second-order valence-corrected chi connectivity index (χ2v) is 14.4. The number of amides is 1. The minimum atomic E-state index is -0.626. The third kappa shape index (κ3) is 4.19. The van der Waals surface area contributed by atoms with E-state index in [1.165, 1.54) is 7.11 Å². The quantitative estimate of drug-likeness (QED) is 0.431. The van der Waals surface area contributed by atoms with E-state index < -0.39 is 5.41 Å². The lowest BCUT2D eigenvalue weighted by molar-refractivity contribution is -0.176. The van der Waals surface area contributed by atoms with Gasteiger partial charge in [-0.2, -0.15) is 5.26 Å². The number of carbonyl (C=O) groups excluding carboxylic acids is 3. The minimum Gasteiger partial charge on any atom is -0.299 e. The van der Waals surface area contributed by atoms with Gasteiger partial charge in [0, 0.05) is 18.3 Å². The van der Waals surface area contributed by atoms with Gasteiger partial charge in [0.1, 0.15) is 11.9 Å². The van der Waals surface area contributed by atoms with E-state index in [0.29, 0.717) is 6.42 Å². The van der Waals surface area contributed by atoms with Crippen LogP contribution >= 0.6 is 0 Å². The standard InChI is InChI=1S/C32H48N2O4/c1-9-11-32(28(37)34-38-8)14-13-29(4,5)17-23(32)26-20(3)30(6)12-10-22-19(2)27(36)21(18-33)16-31(22,7)25(30)15-24(26)35/h16,19-20,22-23,25-26H,9-15,17H2,1-8H3,(H,34,37)/t19-,20-,22-,23?,25-,26?,30-,31-,32+/m0/s1. The Bertz CT molecular complexity index is 1070. The fraction of sp³-hybridized carbons (Fsp3) is 0.812. The monoisotopic (exact) mass is 524 g/mol. The molecule has 4 aliphatic rings. The molecule has 4 rings (SSSR count). The topological polar surface area (TPSA) is 96.3 Å². The number of hydrogen-bond acceptors (Lipinski definition) is 5. The van der Waals surface area contributed by atoms with Gasteiger partial charge in [-0.3, -0.25) is 19.2 Å². The zero-order valence-corrected chi connectivity index (χ0v) is 24.8. The van der Waals surface area contributed by atoms with E-state index in [9.17, 15) is 19.6 Å². The molecule has 4 aliphatic carbocycles. The summed E-state index contributed by atoms with van der Waals surface area (Å²) in [5, 5.41) is 9.76. The Morgan fingerprint density at radius 3 is 2.42 bits per heavy atom. The van der Waals surface area contributed by atoms with Crippen molar-refractivity contribution >= 4 is 17.5 Å². The Morgan fingerprint density at radius 1 is 1.13 bits per heavy atom. The van der Waals surface area contributed by atoms with Crippen LogP contribution in [0.2, 0.25) is 0 Å². The van der Waals surface area contributed by atoms with Crippen LogP contribution in [0.1, 0.15) is 99.8 Å². The summed E-state index contributed by atoms with van der Waals surface area (Å²) in [6, 6.07) is 2.16. The zero-order valence-electron chi connectivity index (χ0n) is 24.8. The maximum Gasteiger partial charge on any atom is 0.250 e. The highest BCUT2D eigenvalue weighted by molar-refractivity contribution is 6.01. The summed E-state index contributed by atoms with van der Waals surface area (Å²) in [4.78, 5) is 46.1. The van der Waals surface area contributed by atoms with E-state index >= 15 is 0 Å². The first-order valence-corrected chi connectivity index (χ1v) is 14.8. The van der Waals surface area contributed by atoms with Crippen LogP contribution in [0.15, 0.2) is 11.6 Å². The molecule has 0 heterocycles. The van der Waals surface area contributed by atoms with E-state index in [0.717, 1.165) is 44.9 Å². The van der Waals surface area contributed by atoms with Crippen LogP contribution in [0.25, 0.3) is 0 Å². The molecule has 0 spiro atoms. The number of nitrogens with one attached hydrogen (secondary N) is 1. The lowest BCUT2D eigenvalue weighted by atomic mass is 9.39. The van der Waals surface area contributed by atoms with Crippen LogP contribution in [-0.2, 0) is 19.2 Å². The Labute approximate surface area is 229 Å². The van der Waals surface area contributed by atoms with Gasteiger partial charge in [-0.25, -0.2) is 5.48 Å². The molecule has 38 heavy (non-hydrogen) atoms. The average Bonchev–Trinajstić information content (AvgIpc) is 2.85. The first kappa shape index (κ1) is 29.0. The number of ketones is 2. The molecular formula is C32H48N2O4. The van der Waals surface area contributed by atoms with Crippen molar-refractivity contribution in [1.29, 1.82) is 5.26 Å². The molecule has 0 bridgehead atoms. The van der Waals surface area contributed by atoms with Crippen LogP contribution in [-0.4, -0.2) is 24.6 Å². The van der Waals surface area contributed by atoms with Crippen LogP contribution in [0.4, 0.5) is 0 Å². The molecule has 6 nitrogen and oxygen atoms in total. The summed E-state index contributed by atoms with van der Waals surface area (Å²) in [5.74, 6) is -0.0390. The number of fused-ring (bicyclic) bond motifs is 3. The summed E-state index contributed by atoms with van der Waals surface area (Å²) in [5.41, 5.74) is 1.86. The number of nitrogens with zero attached hydrogens (tertiary/aromatic N) is 1. The maximum atomic E-state index is 14.4. The van der Waals surface area contributed by atoms with Crippen LogP contribution in [0.3, 0.4) is 0 Å². The predicted molar refractivity (Wildman–Crippen MR) is 146 cm³/mol. The van der Waals surface area contributed by atoms with E-state index in [1.807, 2.05) is 13.0 Å². The molecule has 0 aromatic heterocycles. The SMILES string of the molecule is CCC[C@@]1(C(=O)NOC)CCC(C)(C)CC1C1C(=O)C[C@@H]2[C@@]3(C)C=C(C#N)C(=O)[C@@H](C)[C@@H]3CC[C@@]2(C)[C@H]1C. The minimum absolute atomic E-state index is 0.0513. The lowest BCUT2D eigenvalue weighted by Gasteiger charge is -2.64. The van der Waals surface area contributed by atoms with Gasteiger partial charge in [0.25, 0.3) is 0 Å². The second-order valence-electron chi connectivity index (χ2n) is 14.4. The predicted octanol–water partition coefficient (Wildman–Crippen LogP) is 6.21. The van der Waals surface area contributed by atoms with Gasteiger partial charge >= 0.3 is 0 Å². The van der Waals surface area contributed by atoms with E-state index in [1.54, 1.807) is 0 Å². The average molecular weight is 525 g/mol. The lowest BCUT2D eigenvalue weighted by Crippen LogP contribution is -2.62. The van der Waals surface area contributed by atoms with Crippen molar-refractivity contribution in [3.05, 3.63) is 11.6 Å². The molecular weight excluding hydrogens is 476 g/mol. The number of Topliss-reactive ketones (excluding diaryl/α,β-unsaturated/α-hetero) is 2. The highest BCUT2D eigenvalue weighted by Gasteiger charge is 2.65. The van der Waals surface area contributed by atoms with Gasteiger partial charge in [0.15, 0.2) is 5.78 Å². The Morgan fingerprint density at radius 2 is 1.82 bits per heavy atom. The smallest absolute Gasteiger partial charge is 0.250 e. The molecule has 0 radical (unpaired) electrons. The van der Waals surface area contributed by atoms with Crippen molar-refractivity contribution in [2.45, 2.75) is 99.8 Å². The Balaban J connectivity index is 1.80. The van der Waals surface area contributed by atoms with Crippen molar-refractivity contribution in [1.82, 2.24) is 5.48 Å². The molecule has 1 N–H and O–H groups in total. The number of carbonyl (C=O) groups is 3. The van der Waals surface area contributed by atoms with Gasteiger partial charge in [-0.05, 0) is 78.4 Å². The number of hydrogen-bond donors (Lipinski definition) is 1. The summed E-state index contributed by atoms with van der Waals surface area (Å²) in [6.07, 6.45) is 8.41. The van der Waals surface area contributed by atoms with Gasteiger partial charge in [-0.15, -0.1) is 0 Å².